The fourth-order valence-electron chi connectivity index (χ4n) is 2.70. The Morgan fingerprint density at radius 3 is 1.89 bits per heavy atom. The van der Waals surface area contributed by atoms with Crippen molar-refractivity contribution in [1.29, 1.82) is 0 Å². The van der Waals surface area contributed by atoms with Crippen LogP contribution >= 0.6 is 12.6 Å². The zero-order valence-electron chi connectivity index (χ0n) is 24.2. The molecule has 1 amide bonds. The standard InChI is InChI=1S/C19H27N5O8.C6H12N2O4S/c1-9(16(24)19(29)32-15(26)8-20)30-17(27)12(21)6-10-2-4-11(5-3-10)31-18(28)13(22)7-14(23)25;7-3(5(9)10)1-12-6(11)4(8)2-13/h2-5,9,12-13,16H,6-8,20-22,24H2,1H3,(H2,23,25);3-4,13H,1-2,7-8H2,(H,9,10)/t9-,12+,13+,16+;3-,4-/m10/s1. The molecule has 0 aromatic heterocycles. The van der Waals surface area contributed by atoms with Crippen molar-refractivity contribution >= 4 is 54.4 Å². The van der Waals surface area contributed by atoms with Gasteiger partial charge in [0.15, 0.2) is 0 Å². The van der Waals surface area contributed by atoms with E-state index in [0.29, 0.717) is 5.56 Å². The summed E-state index contributed by atoms with van der Waals surface area (Å²) in [5, 5.41) is 8.33. The van der Waals surface area contributed by atoms with Gasteiger partial charge in [-0.25, -0.2) is 9.59 Å². The quantitative estimate of drug-likeness (QED) is 0.0263. The molecule has 20 heteroatoms. The molecule has 0 bridgehead atoms. The highest BCUT2D eigenvalue weighted by Gasteiger charge is 2.29. The number of carbonyl (C=O) groups is 7. The number of carboxylic acid groups (broad SMARTS) is 1. The third kappa shape index (κ3) is 16.5. The molecule has 252 valence electrons. The summed E-state index contributed by atoms with van der Waals surface area (Å²) in [6, 6.07) is 0.270. The number of rotatable bonds is 16. The van der Waals surface area contributed by atoms with E-state index < -0.39 is 84.6 Å². The van der Waals surface area contributed by atoms with Crippen molar-refractivity contribution in [2.75, 3.05) is 18.9 Å². The number of carbonyl (C=O) groups excluding carboxylic acids is 6. The minimum atomic E-state index is -1.41. The van der Waals surface area contributed by atoms with Gasteiger partial charge in [-0.15, -0.1) is 0 Å². The second-order valence-electron chi connectivity index (χ2n) is 9.18. The van der Waals surface area contributed by atoms with Crippen molar-refractivity contribution in [3.8, 4) is 5.75 Å². The van der Waals surface area contributed by atoms with Crippen LogP contribution in [0.3, 0.4) is 0 Å². The fourth-order valence-corrected chi connectivity index (χ4v) is 2.85. The van der Waals surface area contributed by atoms with Crippen LogP contribution in [0.2, 0.25) is 0 Å². The van der Waals surface area contributed by atoms with Crippen LogP contribution in [-0.2, 0) is 54.2 Å². The van der Waals surface area contributed by atoms with Crippen LogP contribution in [0.1, 0.15) is 18.9 Å². The zero-order valence-corrected chi connectivity index (χ0v) is 25.1. The van der Waals surface area contributed by atoms with E-state index in [0.717, 1.165) is 0 Å². The van der Waals surface area contributed by atoms with Crippen molar-refractivity contribution < 1.29 is 57.6 Å². The van der Waals surface area contributed by atoms with Gasteiger partial charge in [-0.3, -0.25) is 24.0 Å². The van der Waals surface area contributed by atoms with Crippen molar-refractivity contribution in [3.05, 3.63) is 29.8 Å². The van der Waals surface area contributed by atoms with E-state index in [9.17, 15) is 33.6 Å². The first-order valence-electron chi connectivity index (χ1n) is 13.0. The maximum atomic E-state index is 12.2. The minimum Gasteiger partial charge on any atom is -0.480 e. The topological polar surface area (TPSA) is 359 Å². The maximum absolute atomic E-state index is 12.2. The largest absolute Gasteiger partial charge is 0.480 e. The smallest absolute Gasteiger partial charge is 0.334 e. The van der Waals surface area contributed by atoms with Crippen LogP contribution in [0, 0.1) is 0 Å². The lowest BCUT2D eigenvalue weighted by atomic mass is 10.1. The predicted molar refractivity (Wildman–Crippen MR) is 158 cm³/mol. The van der Waals surface area contributed by atoms with Crippen LogP contribution in [0.25, 0.3) is 0 Å². The van der Waals surface area contributed by atoms with Crippen LogP contribution < -0.4 is 44.9 Å². The molecule has 0 heterocycles. The molecular formula is C25H39N7O12S. The van der Waals surface area contributed by atoms with Crippen molar-refractivity contribution in [3.63, 3.8) is 0 Å². The van der Waals surface area contributed by atoms with Gasteiger partial charge in [-0.2, -0.15) is 12.6 Å². The van der Waals surface area contributed by atoms with E-state index in [1.165, 1.54) is 19.1 Å². The Kier molecular flexibility index (Phi) is 18.8. The minimum absolute atomic E-state index is 0.0618. The number of aliphatic carboxylic acids is 1. The van der Waals surface area contributed by atoms with E-state index in [-0.39, 0.29) is 31.0 Å². The van der Waals surface area contributed by atoms with E-state index >= 15 is 0 Å². The zero-order chi connectivity index (χ0) is 34.9. The third-order valence-corrected chi connectivity index (χ3v) is 5.70. The Balaban J connectivity index is 0.00000125. The van der Waals surface area contributed by atoms with E-state index in [4.69, 9.17) is 54.7 Å². The summed E-state index contributed by atoms with van der Waals surface area (Å²) in [7, 11) is 0. The molecule has 1 aromatic carbocycles. The molecule has 1 aromatic rings. The highest BCUT2D eigenvalue weighted by molar-refractivity contribution is 7.80. The Bertz CT molecular complexity index is 1190. The molecule has 0 saturated heterocycles. The number of amides is 1. The number of nitrogens with two attached hydrogens (primary N) is 7. The summed E-state index contributed by atoms with van der Waals surface area (Å²) in [5.41, 5.74) is 37.9. The SMILES string of the molecule is C[C@@H](OC(=O)[C@@H](N)Cc1ccc(OC(=O)[C@@H](N)CC(N)=O)cc1)[C@H](N)C(=O)OC(=O)CN.N[C@@H](COC(=O)[C@@H](N)CS)C(=O)O. The van der Waals surface area contributed by atoms with Crippen LogP contribution in [0.15, 0.2) is 24.3 Å². The molecule has 0 saturated carbocycles. The highest BCUT2D eigenvalue weighted by atomic mass is 32.1. The third-order valence-electron chi connectivity index (χ3n) is 5.31. The van der Waals surface area contributed by atoms with Gasteiger partial charge in [-0.05, 0) is 31.0 Å². The number of ether oxygens (including phenoxy) is 4. The molecule has 0 unspecified atom stereocenters. The molecule has 0 radical (unpaired) electrons. The maximum Gasteiger partial charge on any atom is 0.334 e. The lowest BCUT2D eigenvalue weighted by molar-refractivity contribution is -0.164. The number of hydrogen-bond acceptors (Lipinski definition) is 18. The average molecular weight is 662 g/mol. The number of thiol groups is 1. The molecule has 6 atom stereocenters. The molecule has 0 aliphatic heterocycles. The van der Waals surface area contributed by atoms with Gasteiger partial charge in [0.1, 0.15) is 48.7 Å². The van der Waals surface area contributed by atoms with E-state index in [2.05, 4.69) is 22.1 Å². The second-order valence-corrected chi connectivity index (χ2v) is 9.55. The monoisotopic (exact) mass is 661 g/mol. The molecular weight excluding hydrogens is 622 g/mol. The summed E-state index contributed by atoms with van der Waals surface area (Å²) in [6.07, 6.45) is -1.40. The first-order valence-corrected chi connectivity index (χ1v) is 13.6. The lowest BCUT2D eigenvalue weighted by Gasteiger charge is -2.20. The lowest BCUT2D eigenvalue weighted by Crippen LogP contribution is -2.47. The van der Waals surface area contributed by atoms with Crippen LogP contribution in [0.5, 0.6) is 5.75 Å². The van der Waals surface area contributed by atoms with Gasteiger partial charge in [0.05, 0.1) is 13.0 Å². The second kappa shape index (κ2) is 20.7. The van der Waals surface area contributed by atoms with Crippen LogP contribution in [0.4, 0.5) is 0 Å². The Morgan fingerprint density at radius 1 is 0.822 bits per heavy atom. The Morgan fingerprint density at radius 2 is 1.40 bits per heavy atom. The molecule has 15 N–H and O–H groups in total. The predicted octanol–water partition coefficient (Wildman–Crippen LogP) is -4.85. The van der Waals surface area contributed by atoms with Crippen molar-refractivity contribution in [2.24, 2.45) is 40.1 Å². The Hall–Kier alpha value is -4.18. The van der Waals surface area contributed by atoms with Gasteiger partial charge < -0.3 is 64.2 Å². The number of carboxylic acids is 1. The van der Waals surface area contributed by atoms with Gasteiger partial charge in [0.25, 0.3) is 0 Å². The molecule has 0 aliphatic carbocycles. The van der Waals surface area contributed by atoms with Gasteiger partial charge >= 0.3 is 35.8 Å². The van der Waals surface area contributed by atoms with Gasteiger partial charge in [0, 0.05) is 5.75 Å². The molecule has 1 rings (SSSR count). The number of primary amides is 1. The summed E-state index contributed by atoms with van der Waals surface area (Å²) in [6.45, 7) is 0.459. The Labute approximate surface area is 262 Å². The van der Waals surface area contributed by atoms with Crippen LogP contribution in [-0.4, -0.2) is 102 Å². The summed E-state index contributed by atoms with van der Waals surface area (Å²) < 4.78 is 19.0. The number of hydrogen-bond donors (Lipinski definition) is 9. The number of esters is 5. The first-order chi connectivity index (χ1) is 20.9. The number of benzene rings is 1. The van der Waals surface area contributed by atoms with E-state index in [1.54, 1.807) is 12.1 Å². The van der Waals surface area contributed by atoms with Crippen molar-refractivity contribution in [1.82, 2.24) is 0 Å². The summed E-state index contributed by atoms with van der Waals surface area (Å²) >= 11 is 3.77. The summed E-state index contributed by atoms with van der Waals surface area (Å²) in [5.74, 6) is -6.07. The summed E-state index contributed by atoms with van der Waals surface area (Å²) in [4.78, 5) is 78.5. The van der Waals surface area contributed by atoms with Crippen molar-refractivity contribution in [2.45, 2.75) is 56.1 Å². The molecule has 45 heavy (non-hydrogen) atoms. The average Bonchev–Trinajstić information content (AvgIpc) is 2.99. The molecule has 0 spiro atoms. The van der Waals surface area contributed by atoms with E-state index in [1.807, 2.05) is 0 Å². The molecule has 0 aliphatic rings. The molecule has 0 fully saturated rings. The molecule has 19 nitrogen and oxygen atoms in total. The first kappa shape index (κ1) is 40.8. The fraction of sp³-hybridized carbons (Fsp3) is 0.480. The van der Waals surface area contributed by atoms with Gasteiger partial charge in [0.2, 0.25) is 5.91 Å². The highest BCUT2D eigenvalue weighted by Crippen LogP contribution is 2.15. The normalized spacial score (nSPS) is 14.5. The van der Waals surface area contributed by atoms with Gasteiger partial charge in [-0.1, -0.05) is 12.1 Å².